The third kappa shape index (κ3) is 9.17. The van der Waals surface area contributed by atoms with Crippen LogP contribution in [0.1, 0.15) is 62.6 Å². The molecule has 1 saturated carbocycles. The van der Waals surface area contributed by atoms with E-state index in [1.165, 1.54) is 6.42 Å². The van der Waals surface area contributed by atoms with Crippen molar-refractivity contribution in [3.8, 4) is 0 Å². The molecule has 3 aliphatic rings. The van der Waals surface area contributed by atoms with E-state index in [0.717, 1.165) is 42.4 Å². The number of benzene rings is 3. The lowest BCUT2D eigenvalue weighted by Gasteiger charge is -2.50. The molecular formula is C38H49O7P. The predicted octanol–water partition coefficient (Wildman–Crippen LogP) is 8.15. The molecule has 0 N–H and O–H groups in total. The van der Waals surface area contributed by atoms with Gasteiger partial charge in [-0.3, -0.25) is 4.57 Å². The first-order valence-electron chi connectivity index (χ1n) is 16.9. The predicted molar refractivity (Wildman–Crippen MR) is 179 cm³/mol. The van der Waals surface area contributed by atoms with Crippen molar-refractivity contribution in [2.45, 2.75) is 103 Å². The van der Waals surface area contributed by atoms with Crippen LogP contribution in [-0.2, 0) is 52.6 Å². The minimum atomic E-state index is -2.92. The van der Waals surface area contributed by atoms with E-state index in [1.54, 1.807) is 0 Å². The first kappa shape index (κ1) is 33.5. The van der Waals surface area contributed by atoms with E-state index in [0.29, 0.717) is 32.1 Å². The summed E-state index contributed by atoms with van der Waals surface area (Å²) >= 11 is 0. The van der Waals surface area contributed by atoms with Gasteiger partial charge in [0.05, 0.1) is 32.5 Å². The zero-order chi connectivity index (χ0) is 31.8. The van der Waals surface area contributed by atoms with E-state index in [1.807, 2.05) is 91.0 Å². The second-order valence-corrected chi connectivity index (χ2v) is 16.3. The quantitative estimate of drug-likeness (QED) is 0.163. The van der Waals surface area contributed by atoms with Gasteiger partial charge in [-0.05, 0) is 34.9 Å². The van der Waals surface area contributed by atoms with Crippen molar-refractivity contribution in [2.24, 2.45) is 5.41 Å². The summed E-state index contributed by atoms with van der Waals surface area (Å²) in [5.74, 6) is 0. The fourth-order valence-corrected chi connectivity index (χ4v) is 10.3. The molecule has 0 aromatic heterocycles. The van der Waals surface area contributed by atoms with Crippen LogP contribution in [0.25, 0.3) is 0 Å². The Morgan fingerprint density at radius 3 is 1.76 bits per heavy atom. The molecule has 7 nitrogen and oxygen atoms in total. The van der Waals surface area contributed by atoms with Crippen LogP contribution < -0.4 is 0 Å². The summed E-state index contributed by atoms with van der Waals surface area (Å²) in [6, 6.07) is 30.3. The highest BCUT2D eigenvalue weighted by Crippen LogP contribution is 2.65. The summed E-state index contributed by atoms with van der Waals surface area (Å²) in [6.45, 7) is 5.70. The summed E-state index contributed by atoms with van der Waals surface area (Å²) < 4.78 is 54.0. The van der Waals surface area contributed by atoms with Crippen LogP contribution in [0, 0.1) is 5.41 Å². The zero-order valence-electron chi connectivity index (χ0n) is 27.2. The maximum absolute atomic E-state index is 14.1. The second-order valence-electron chi connectivity index (χ2n) is 13.8. The molecule has 0 spiro atoms. The van der Waals surface area contributed by atoms with Crippen molar-refractivity contribution >= 4 is 7.37 Å². The van der Waals surface area contributed by atoms with Gasteiger partial charge < -0.3 is 28.2 Å². The Kier molecular flexibility index (Phi) is 11.4. The molecular weight excluding hydrogens is 599 g/mol. The smallest absolute Gasteiger partial charge is 0.204 e. The molecule has 0 amide bonds. The molecule has 3 aromatic carbocycles. The van der Waals surface area contributed by atoms with Crippen molar-refractivity contribution in [3.63, 3.8) is 0 Å². The van der Waals surface area contributed by atoms with E-state index < -0.39 is 38.1 Å². The average Bonchev–Trinajstić information content (AvgIpc) is 3.05. The van der Waals surface area contributed by atoms with Gasteiger partial charge in [0, 0.05) is 12.3 Å². The second kappa shape index (κ2) is 15.7. The lowest BCUT2D eigenvalue weighted by molar-refractivity contribution is -0.324. The van der Waals surface area contributed by atoms with Gasteiger partial charge in [-0.15, -0.1) is 0 Å². The van der Waals surface area contributed by atoms with E-state index in [2.05, 4.69) is 13.8 Å². The summed E-state index contributed by atoms with van der Waals surface area (Å²) in [5, 5.41) is 0. The van der Waals surface area contributed by atoms with Gasteiger partial charge in [0.15, 0.2) is 6.29 Å². The largest absolute Gasteiger partial charge is 0.374 e. The number of hydrogen-bond donors (Lipinski definition) is 0. The zero-order valence-corrected chi connectivity index (χ0v) is 28.1. The van der Waals surface area contributed by atoms with Gasteiger partial charge in [-0.25, -0.2) is 0 Å². The first-order valence-corrected chi connectivity index (χ1v) is 18.9. The van der Waals surface area contributed by atoms with Crippen molar-refractivity contribution in [3.05, 3.63) is 108 Å². The molecule has 2 heterocycles. The number of ether oxygens (including phenoxy) is 5. The summed E-state index contributed by atoms with van der Waals surface area (Å²) in [5.41, 5.74) is 3.13. The fourth-order valence-electron chi connectivity index (χ4n) is 6.97. The van der Waals surface area contributed by atoms with E-state index >= 15 is 0 Å². The van der Waals surface area contributed by atoms with Gasteiger partial charge in [0.2, 0.25) is 7.37 Å². The average molecular weight is 649 g/mol. The molecule has 2 aliphatic heterocycles. The van der Waals surface area contributed by atoms with Crippen molar-refractivity contribution < 1.29 is 32.8 Å². The van der Waals surface area contributed by atoms with Crippen LogP contribution in [0.15, 0.2) is 91.0 Å². The van der Waals surface area contributed by atoms with Gasteiger partial charge >= 0.3 is 0 Å². The maximum Gasteiger partial charge on any atom is 0.204 e. The minimum absolute atomic E-state index is 0.0256. The van der Waals surface area contributed by atoms with Crippen molar-refractivity contribution in [1.82, 2.24) is 0 Å². The van der Waals surface area contributed by atoms with Gasteiger partial charge in [-0.1, -0.05) is 124 Å². The summed E-state index contributed by atoms with van der Waals surface area (Å²) in [7, 11) is -2.92. The van der Waals surface area contributed by atoms with E-state index in [-0.39, 0.29) is 18.1 Å². The first-order chi connectivity index (χ1) is 22.4. The van der Waals surface area contributed by atoms with Gasteiger partial charge in [0.25, 0.3) is 0 Å². The Balaban J connectivity index is 1.30. The summed E-state index contributed by atoms with van der Waals surface area (Å²) in [4.78, 5) is 0. The molecule has 2 saturated heterocycles. The Hall–Kier alpha value is -2.35. The third-order valence-electron chi connectivity index (χ3n) is 9.09. The molecule has 0 unspecified atom stereocenters. The lowest BCUT2D eigenvalue weighted by Crippen LogP contribution is -2.62. The molecule has 0 bridgehead atoms. The standard InChI is InChI=1S/C38H49O7P/c1-38(2)27-46(39,28-38)45-36-35(42-25-31-19-11-5-12-20-31)34(41-24-30-17-9-4-10-18-30)33(26-40-23-29-15-7-3-8-16-29)44-37(36)43-32-21-13-6-14-22-32/h3-5,7-12,15-20,32-37H,6,13-14,21-28H2,1-2H3/t33-,34-,35+,36-,37-/m1/s1. The topological polar surface area (TPSA) is 72.5 Å². The van der Waals surface area contributed by atoms with E-state index in [4.69, 9.17) is 28.2 Å². The van der Waals surface area contributed by atoms with Crippen LogP contribution >= 0.6 is 7.37 Å². The molecule has 6 rings (SSSR count). The molecule has 8 heteroatoms. The molecule has 5 atom stereocenters. The van der Waals surface area contributed by atoms with Gasteiger partial charge in [-0.2, -0.15) is 0 Å². The SMILES string of the molecule is CC1(C)CP(=O)(O[C@H]2[C@H](OC3CCCCC3)O[C@H](COCc3ccccc3)[C@@H](OCc3ccccc3)[C@@H]2OCc2ccccc2)C1. The minimum Gasteiger partial charge on any atom is -0.374 e. The van der Waals surface area contributed by atoms with Crippen molar-refractivity contribution in [2.75, 3.05) is 18.9 Å². The number of rotatable bonds is 14. The Labute approximate surface area is 274 Å². The van der Waals surface area contributed by atoms with Crippen LogP contribution in [-0.4, -0.2) is 55.7 Å². The van der Waals surface area contributed by atoms with Crippen molar-refractivity contribution in [1.29, 1.82) is 0 Å². The van der Waals surface area contributed by atoms with Gasteiger partial charge in [0.1, 0.15) is 24.4 Å². The lowest BCUT2D eigenvalue weighted by atomic mass is 9.96. The van der Waals surface area contributed by atoms with Crippen LogP contribution in [0.4, 0.5) is 0 Å². The van der Waals surface area contributed by atoms with Crippen LogP contribution in [0.5, 0.6) is 0 Å². The fraction of sp³-hybridized carbons (Fsp3) is 0.526. The monoisotopic (exact) mass is 648 g/mol. The highest BCUT2D eigenvalue weighted by atomic mass is 31.2. The highest BCUT2D eigenvalue weighted by Gasteiger charge is 2.55. The third-order valence-corrected chi connectivity index (χ3v) is 12.4. The Morgan fingerprint density at radius 1 is 0.696 bits per heavy atom. The highest BCUT2D eigenvalue weighted by molar-refractivity contribution is 7.60. The molecule has 1 aliphatic carbocycles. The normalized spacial score (nSPS) is 27.6. The molecule has 3 fully saturated rings. The Bertz CT molecular complexity index is 1370. The van der Waals surface area contributed by atoms with E-state index in [9.17, 15) is 4.57 Å². The molecule has 0 radical (unpaired) electrons. The van der Waals surface area contributed by atoms with Crippen LogP contribution in [0.2, 0.25) is 0 Å². The molecule has 3 aromatic rings. The summed E-state index contributed by atoms with van der Waals surface area (Å²) in [6.07, 6.45) is 3.34. The molecule has 46 heavy (non-hydrogen) atoms. The number of hydrogen-bond acceptors (Lipinski definition) is 7. The molecule has 248 valence electrons. The van der Waals surface area contributed by atoms with Crippen LogP contribution in [0.3, 0.4) is 0 Å². The maximum atomic E-state index is 14.1. The Morgan fingerprint density at radius 2 is 1.22 bits per heavy atom.